The van der Waals surface area contributed by atoms with Crippen LogP contribution in [0.2, 0.25) is 0 Å². The molecule has 2 heterocycles. The molecule has 0 aliphatic carbocycles. The lowest BCUT2D eigenvalue weighted by molar-refractivity contribution is -0.139. The molecule has 2 saturated heterocycles. The predicted molar refractivity (Wildman–Crippen MR) is 92.4 cm³/mol. The number of carbonyl (C=O) groups is 2. The molecule has 130 valence electrons. The number of carbonyl (C=O) groups excluding carboxylic acids is 2. The van der Waals surface area contributed by atoms with Crippen LogP contribution in [0.5, 0.6) is 0 Å². The van der Waals surface area contributed by atoms with E-state index >= 15 is 0 Å². The molecule has 2 aliphatic heterocycles. The Balaban J connectivity index is 1.52. The molecule has 2 atom stereocenters. The number of nitrogens with zero attached hydrogens (tertiary/aromatic N) is 3. The minimum absolute atomic E-state index is 0.0646. The van der Waals surface area contributed by atoms with E-state index in [4.69, 9.17) is 5.73 Å². The molecule has 0 aromatic heterocycles. The molecule has 0 unspecified atom stereocenters. The second kappa shape index (κ2) is 7.32. The summed E-state index contributed by atoms with van der Waals surface area (Å²) < 4.78 is 0. The average Bonchev–Trinajstić information content (AvgIpc) is 2.96. The standard InChI is InChI=1S/C18H26N4O2/c1-14(23)21-7-9-22(10-8-21)18(24)13-20-11-16(17(19)12-20)15-5-3-2-4-6-15/h2-6,16-17H,7-13,19H2,1H3/t16-,17+/m0/s1. The topological polar surface area (TPSA) is 69.9 Å². The first-order valence-electron chi connectivity index (χ1n) is 8.61. The average molecular weight is 330 g/mol. The molecule has 2 aliphatic rings. The smallest absolute Gasteiger partial charge is 0.236 e. The fourth-order valence-corrected chi connectivity index (χ4v) is 3.66. The zero-order valence-electron chi connectivity index (χ0n) is 14.2. The van der Waals surface area contributed by atoms with Crippen molar-refractivity contribution in [3.63, 3.8) is 0 Å². The van der Waals surface area contributed by atoms with Crippen molar-refractivity contribution in [2.24, 2.45) is 5.73 Å². The molecule has 0 radical (unpaired) electrons. The van der Waals surface area contributed by atoms with Crippen molar-refractivity contribution >= 4 is 11.8 Å². The van der Waals surface area contributed by atoms with Crippen LogP contribution in [0.3, 0.4) is 0 Å². The van der Waals surface area contributed by atoms with E-state index in [1.165, 1.54) is 5.56 Å². The minimum atomic E-state index is 0.0646. The molecule has 2 amide bonds. The van der Waals surface area contributed by atoms with Crippen LogP contribution in [0.25, 0.3) is 0 Å². The molecule has 6 heteroatoms. The second-order valence-electron chi connectivity index (χ2n) is 6.76. The van der Waals surface area contributed by atoms with Gasteiger partial charge >= 0.3 is 0 Å². The van der Waals surface area contributed by atoms with Gasteiger partial charge in [0.25, 0.3) is 0 Å². The summed E-state index contributed by atoms with van der Waals surface area (Å²) >= 11 is 0. The Kier molecular flexibility index (Phi) is 5.16. The first kappa shape index (κ1) is 16.9. The normalized spacial score (nSPS) is 25.1. The van der Waals surface area contributed by atoms with Crippen molar-refractivity contribution in [3.8, 4) is 0 Å². The van der Waals surface area contributed by atoms with Crippen molar-refractivity contribution in [1.82, 2.24) is 14.7 Å². The third kappa shape index (κ3) is 3.76. The van der Waals surface area contributed by atoms with Gasteiger partial charge in [-0.05, 0) is 5.56 Å². The zero-order chi connectivity index (χ0) is 17.1. The molecule has 24 heavy (non-hydrogen) atoms. The van der Waals surface area contributed by atoms with Gasteiger partial charge in [-0.25, -0.2) is 0 Å². The van der Waals surface area contributed by atoms with Gasteiger partial charge < -0.3 is 15.5 Å². The number of nitrogens with two attached hydrogens (primary N) is 1. The molecule has 1 aromatic carbocycles. The van der Waals surface area contributed by atoms with Gasteiger partial charge in [0.05, 0.1) is 6.54 Å². The fraction of sp³-hybridized carbons (Fsp3) is 0.556. The molecular formula is C18H26N4O2. The summed E-state index contributed by atoms with van der Waals surface area (Å²) in [6, 6.07) is 10.4. The van der Waals surface area contributed by atoms with Gasteiger partial charge in [-0.1, -0.05) is 30.3 Å². The van der Waals surface area contributed by atoms with Crippen molar-refractivity contribution in [1.29, 1.82) is 0 Å². The molecule has 0 spiro atoms. The van der Waals surface area contributed by atoms with Gasteiger partial charge in [0.2, 0.25) is 11.8 Å². The van der Waals surface area contributed by atoms with E-state index in [1.54, 1.807) is 11.8 Å². The number of rotatable bonds is 3. The van der Waals surface area contributed by atoms with Crippen molar-refractivity contribution in [3.05, 3.63) is 35.9 Å². The summed E-state index contributed by atoms with van der Waals surface area (Å²) in [5, 5.41) is 0. The Morgan fingerprint density at radius 2 is 1.67 bits per heavy atom. The highest BCUT2D eigenvalue weighted by Crippen LogP contribution is 2.26. The molecule has 6 nitrogen and oxygen atoms in total. The fourth-order valence-electron chi connectivity index (χ4n) is 3.66. The van der Waals surface area contributed by atoms with Crippen LogP contribution in [-0.2, 0) is 9.59 Å². The SMILES string of the molecule is CC(=O)N1CCN(C(=O)CN2C[C@@H](N)[C@H](c3ccccc3)C2)CC1. The maximum absolute atomic E-state index is 12.5. The van der Waals surface area contributed by atoms with Crippen LogP contribution in [0, 0.1) is 0 Å². The number of piperazine rings is 1. The monoisotopic (exact) mass is 330 g/mol. The molecule has 2 N–H and O–H groups in total. The van der Waals surface area contributed by atoms with E-state index in [-0.39, 0.29) is 23.8 Å². The molecule has 2 fully saturated rings. The van der Waals surface area contributed by atoms with Gasteiger partial charge in [-0.2, -0.15) is 0 Å². The van der Waals surface area contributed by atoms with Gasteiger partial charge in [0.15, 0.2) is 0 Å². The van der Waals surface area contributed by atoms with Crippen LogP contribution in [0.4, 0.5) is 0 Å². The summed E-state index contributed by atoms with van der Waals surface area (Å²) in [5.41, 5.74) is 7.54. The highest BCUT2D eigenvalue weighted by atomic mass is 16.2. The van der Waals surface area contributed by atoms with Crippen LogP contribution in [-0.4, -0.2) is 78.4 Å². The lowest BCUT2D eigenvalue weighted by atomic mass is 9.95. The van der Waals surface area contributed by atoms with Gasteiger partial charge in [-0.3, -0.25) is 14.5 Å². The van der Waals surface area contributed by atoms with E-state index in [2.05, 4.69) is 17.0 Å². The van der Waals surface area contributed by atoms with Crippen LogP contribution < -0.4 is 5.73 Å². The van der Waals surface area contributed by atoms with Crippen LogP contribution in [0.1, 0.15) is 18.4 Å². The first-order valence-corrected chi connectivity index (χ1v) is 8.61. The largest absolute Gasteiger partial charge is 0.339 e. The Bertz CT molecular complexity index is 584. The molecule has 0 bridgehead atoms. The van der Waals surface area contributed by atoms with E-state index < -0.39 is 0 Å². The number of hydrogen-bond acceptors (Lipinski definition) is 4. The Morgan fingerprint density at radius 3 is 2.29 bits per heavy atom. The number of benzene rings is 1. The van der Waals surface area contributed by atoms with Crippen molar-refractivity contribution < 1.29 is 9.59 Å². The summed E-state index contributed by atoms with van der Waals surface area (Å²) in [6.07, 6.45) is 0. The lowest BCUT2D eigenvalue weighted by Gasteiger charge is -2.35. The van der Waals surface area contributed by atoms with Gasteiger partial charge in [-0.15, -0.1) is 0 Å². The maximum Gasteiger partial charge on any atom is 0.236 e. The maximum atomic E-state index is 12.5. The van der Waals surface area contributed by atoms with Crippen LogP contribution in [0.15, 0.2) is 30.3 Å². The van der Waals surface area contributed by atoms with Crippen molar-refractivity contribution in [2.45, 2.75) is 18.9 Å². The third-order valence-electron chi connectivity index (χ3n) is 5.11. The van der Waals surface area contributed by atoms with E-state index in [0.717, 1.165) is 13.1 Å². The zero-order valence-corrected chi connectivity index (χ0v) is 14.2. The van der Waals surface area contributed by atoms with E-state index in [0.29, 0.717) is 32.7 Å². The summed E-state index contributed by atoms with van der Waals surface area (Å²) in [6.45, 7) is 6.08. The number of likely N-dealkylation sites (tertiary alicyclic amines) is 1. The summed E-state index contributed by atoms with van der Waals surface area (Å²) in [7, 11) is 0. The van der Waals surface area contributed by atoms with Crippen molar-refractivity contribution in [2.75, 3.05) is 45.8 Å². The second-order valence-corrected chi connectivity index (χ2v) is 6.76. The Labute approximate surface area is 143 Å². The number of hydrogen-bond donors (Lipinski definition) is 1. The molecule has 1 aromatic rings. The predicted octanol–water partition coefficient (Wildman–Crippen LogP) is 0.104. The Morgan fingerprint density at radius 1 is 1.04 bits per heavy atom. The van der Waals surface area contributed by atoms with E-state index in [9.17, 15) is 9.59 Å². The van der Waals surface area contributed by atoms with Crippen LogP contribution >= 0.6 is 0 Å². The van der Waals surface area contributed by atoms with Gasteiger partial charge in [0, 0.05) is 58.2 Å². The lowest BCUT2D eigenvalue weighted by Crippen LogP contribution is -2.52. The van der Waals surface area contributed by atoms with E-state index in [1.807, 2.05) is 23.1 Å². The summed E-state index contributed by atoms with van der Waals surface area (Å²) in [5.74, 6) is 0.506. The molecular weight excluding hydrogens is 304 g/mol. The third-order valence-corrected chi connectivity index (χ3v) is 5.11. The minimum Gasteiger partial charge on any atom is -0.339 e. The summed E-state index contributed by atoms with van der Waals surface area (Å²) in [4.78, 5) is 29.7. The first-order chi connectivity index (χ1) is 11.5. The van der Waals surface area contributed by atoms with Gasteiger partial charge in [0.1, 0.15) is 0 Å². The quantitative estimate of drug-likeness (QED) is 0.854. The highest BCUT2D eigenvalue weighted by Gasteiger charge is 2.33. The molecule has 0 saturated carbocycles. The number of amides is 2. The molecule has 3 rings (SSSR count). The highest BCUT2D eigenvalue weighted by molar-refractivity contribution is 5.79. The Hall–Kier alpha value is -1.92.